The fraction of sp³-hybridized carbons (Fsp3) is 0.400. The molecule has 1 aromatic carbocycles. The molecule has 1 N–H and O–H groups in total. The van der Waals surface area contributed by atoms with Gasteiger partial charge in [0.1, 0.15) is 5.82 Å². The van der Waals surface area contributed by atoms with Crippen LogP contribution < -0.4 is 5.32 Å². The molecule has 0 unspecified atom stereocenters. The number of hydrogen-bond donors (Lipinski definition) is 1. The lowest BCUT2D eigenvalue weighted by molar-refractivity contribution is 0.558. The van der Waals surface area contributed by atoms with E-state index in [0.717, 1.165) is 29.4 Å². The lowest BCUT2D eigenvalue weighted by Crippen LogP contribution is -2.14. The van der Waals surface area contributed by atoms with Crippen LogP contribution in [0, 0.1) is 5.82 Å². The smallest absolute Gasteiger partial charge is 0.128 e. The Bertz CT molecular complexity index is 308. The van der Waals surface area contributed by atoms with Crippen molar-refractivity contribution in [3.8, 4) is 0 Å². The first-order chi connectivity index (χ1) is 6.27. The van der Waals surface area contributed by atoms with Crippen LogP contribution in [0.4, 0.5) is 4.39 Å². The minimum atomic E-state index is -0.109. The van der Waals surface area contributed by atoms with Gasteiger partial charge in [0.05, 0.1) is 0 Å². The molecule has 0 bridgehead atoms. The standard InChI is InChI=1S/C10H11BrFN/c11-7-3-4-9(12)8(6-7)10-2-1-5-13-10/h3-4,6,10,13H,1-2,5H2/t10-/m1/s1. The second-order valence-electron chi connectivity index (χ2n) is 3.31. The zero-order valence-electron chi connectivity index (χ0n) is 7.19. The molecule has 0 saturated carbocycles. The van der Waals surface area contributed by atoms with Gasteiger partial charge in [-0.3, -0.25) is 0 Å². The van der Waals surface area contributed by atoms with E-state index in [1.807, 2.05) is 6.07 Å². The van der Waals surface area contributed by atoms with Crippen LogP contribution in [0.3, 0.4) is 0 Å². The molecule has 2 rings (SSSR count). The highest BCUT2D eigenvalue weighted by Crippen LogP contribution is 2.27. The molecule has 70 valence electrons. The molecule has 13 heavy (non-hydrogen) atoms. The average Bonchev–Trinajstić information content (AvgIpc) is 2.61. The van der Waals surface area contributed by atoms with Crippen molar-refractivity contribution in [2.45, 2.75) is 18.9 Å². The highest BCUT2D eigenvalue weighted by molar-refractivity contribution is 9.10. The summed E-state index contributed by atoms with van der Waals surface area (Å²) >= 11 is 3.35. The third kappa shape index (κ3) is 1.92. The minimum Gasteiger partial charge on any atom is -0.310 e. The van der Waals surface area contributed by atoms with E-state index in [4.69, 9.17) is 0 Å². The van der Waals surface area contributed by atoms with Crippen molar-refractivity contribution in [3.05, 3.63) is 34.1 Å². The monoisotopic (exact) mass is 243 g/mol. The van der Waals surface area contributed by atoms with Gasteiger partial charge in [-0.05, 0) is 37.6 Å². The Labute approximate surface area is 85.5 Å². The van der Waals surface area contributed by atoms with E-state index >= 15 is 0 Å². The van der Waals surface area contributed by atoms with Crippen LogP contribution in [0.5, 0.6) is 0 Å². The van der Waals surface area contributed by atoms with Crippen LogP contribution in [-0.4, -0.2) is 6.54 Å². The minimum absolute atomic E-state index is 0.109. The molecule has 1 aliphatic heterocycles. The first-order valence-corrected chi connectivity index (χ1v) is 5.25. The van der Waals surface area contributed by atoms with Crippen LogP contribution in [0.1, 0.15) is 24.4 Å². The van der Waals surface area contributed by atoms with Crippen molar-refractivity contribution in [3.63, 3.8) is 0 Å². The summed E-state index contributed by atoms with van der Waals surface area (Å²) in [5.74, 6) is -0.109. The van der Waals surface area contributed by atoms with E-state index in [2.05, 4.69) is 21.2 Å². The van der Waals surface area contributed by atoms with E-state index in [-0.39, 0.29) is 11.9 Å². The maximum atomic E-state index is 13.4. The van der Waals surface area contributed by atoms with Gasteiger partial charge in [-0.2, -0.15) is 0 Å². The highest BCUT2D eigenvalue weighted by atomic mass is 79.9. The molecule has 3 heteroatoms. The van der Waals surface area contributed by atoms with Crippen molar-refractivity contribution in [1.82, 2.24) is 5.32 Å². The molecule has 1 saturated heterocycles. The van der Waals surface area contributed by atoms with E-state index in [9.17, 15) is 4.39 Å². The van der Waals surface area contributed by atoms with Gasteiger partial charge in [0.25, 0.3) is 0 Å². The van der Waals surface area contributed by atoms with Crippen molar-refractivity contribution in [1.29, 1.82) is 0 Å². The Kier molecular flexibility index (Phi) is 2.65. The number of rotatable bonds is 1. The van der Waals surface area contributed by atoms with E-state index in [1.165, 1.54) is 6.07 Å². The maximum absolute atomic E-state index is 13.4. The van der Waals surface area contributed by atoms with Crippen molar-refractivity contribution in [2.24, 2.45) is 0 Å². The molecule has 0 aromatic heterocycles. The van der Waals surface area contributed by atoms with E-state index < -0.39 is 0 Å². The molecule has 1 fully saturated rings. The Hall–Kier alpha value is -0.410. The van der Waals surface area contributed by atoms with Crippen molar-refractivity contribution < 1.29 is 4.39 Å². The molecule has 1 heterocycles. The highest BCUT2D eigenvalue weighted by Gasteiger charge is 2.19. The normalized spacial score (nSPS) is 22.2. The van der Waals surface area contributed by atoms with Gasteiger partial charge >= 0.3 is 0 Å². The van der Waals surface area contributed by atoms with Crippen molar-refractivity contribution in [2.75, 3.05) is 6.54 Å². The summed E-state index contributed by atoms with van der Waals surface area (Å²) in [4.78, 5) is 0. The van der Waals surface area contributed by atoms with Crippen LogP contribution in [-0.2, 0) is 0 Å². The number of benzene rings is 1. The Morgan fingerprint density at radius 1 is 1.46 bits per heavy atom. The summed E-state index contributed by atoms with van der Waals surface area (Å²) < 4.78 is 14.3. The molecule has 0 radical (unpaired) electrons. The number of halogens is 2. The fourth-order valence-corrected chi connectivity index (χ4v) is 2.11. The SMILES string of the molecule is Fc1ccc(Br)cc1[C@H]1CCCN1. The first-order valence-electron chi connectivity index (χ1n) is 4.46. The molecule has 0 aliphatic carbocycles. The van der Waals surface area contributed by atoms with Crippen LogP contribution >= 0.6 is 15.9 Å². The van der Waals surface area contributed by atoms with E-state index in [0.29, 0.717) is 0 Å². The van der Waals surface area contributed by atoms with Crippen LogP contribution in [0.2, 0.25) is 0 Å². The van der Waals surface area contributed by atoms with Gasteiger partial charge in [0.2, 0.25) is 0 Å². The third-order valence-electron chi connectivity index (χ3n) is 2.39. The lowest BCUT2D eigenvalue weighted by Gasteiger charge is -2.11. The first kappa shape index (κ1) is 9.16. The molecule has 1 aromatic rings. The summed E-state index contributed by atoms with van der Waals surface area (Å²) in [5, 5.41) is 3.28. The van der Waals surface area contributed by atoms with Gasteiger partial charge in [-0.15, -0.1) is 0 Å². The lowest BCUT2D eigenvalue weighted by atomic mass is 10.1. The van der Waals surface area contributed by atoms with Gasteiger partial charge in [0.15, 0.2) is 0 Å². The largest absolute Gasteiger partial charge is 0.310 e. The van der Waals surface area contributed by atoms with E-state index in [1.54, 1.807) is 6.07 Å². The number of hydrogen-bond acceptors (Lipinski definition) is 1. The molecule has 1 aliphatic rings. The topological polar surface area (TPSA) is 12.0 Å². The van der Waals surface area contributed by atoms with Crippen molar-refractivity contribution >= 4 is 15.9 Å². The predicted molar refractivity (Wildman–Crippen MR) is 54.1 cm³/mol. The molecular weight excluding hydrogens is 233 g/mol. The summed E-state index contributed by atoms with van der Waals surface area (Å²) in [6.45, 7) is 0.997. The maximum Gasteiger partial charge on any atom is 0.128 e. The van der Waals surface area contributed by atoms with Gasteiger partial charge in [-0.1, -0.05) is 15.9 Å². The van der Waals surface area contributed by atoms with Gasteiger partial charge in [0, 0.05) is 16.1 Å². The predicted octanol–water partition coefficient (Wildman–Crippen LogP) is 3.01. The fourth-order valence-electron chi connectivity index (χ4n) is 1.73. The van der Waals surface area contributed by atoms with Gasteiger partial charge < -0.3 is 5.32 Å². The summed E-state index contributed by atoms with van der Waals surface area (Å²) in [7, 11) is 0. The second kappa shape index (κ2) is 3.76. The Morgan fingerprint density at radius 2 is 2.31 bits per heavy atom. The molecule has 1 nitrogen and oxygen atoms in total. The quantitative estimate of drug-likeness (QED) is 0.800. The zero-order valence-corrected chi connectivity index (χ0v) is 8.77. The average molecular weight is 244 g/mol. The molecule has 0 amide bonds. The third-order valence-corrected chi connectivity index (χ3v) is 2.89. The Balaban J connectivity index is 2.32. The summed E-state index contributed by atoms with van der Waals surface area (Å²) in [6, 6.07) is 5.31. The summed E-state index contributed by atoms with van der Waals surface area (Å²) in [5.41, 5.74) is 0.784. The summed E-state index contributed by atoms with van der Waals surface area (Å²) in [6.07, 6.45) is 2.17. The zero-order chi connectivity index (χ0) is 9.26. The van der Waals surface area contributed by atoms with Crippen LogP contribution in [0.15, 0.2) is 22.7 Å². The second-order valence-corrected chi connectivity index (χ2v) is 4.23. The van der Waals surface area contributed by atoms with Gasteiger partial charge in [-0.25, -0.2) is 4.39 Å². The molecule has 1 atom stereocenters. The molecule has 0 spiro atoms. The molecular formula is C10H11BrFN. The number of nitrogens with one attached hydrogen (secondary N) is 1. The van der Waals surface area contributed by atoms with Crippen LogP contribution in [0.25, 0.3) is 0 Å². The Morgan fingerprint density at radius 3 is 3.00 bits per heavy atom.